The molecule has 2 aromatic carbocycles. The first-order valence-electron chi connectivity index (χ1n) is 5.53. The highest BCUT2D eigenvalue weighted by Gasteiger charge is 2.13. The third-order valence-electron chi connectivity index (χ3n) is 2.58. The fourth-order valence-electron chi connectivity index (χ4n) is 1.61. The molecule has 0 unspecified atom stereocenters. The van der Waals surface area contributed by atoms with Crippen molar-refractivity contribution in [2.75, 3.05) is 5.32 Å². The van der Waals surface area contributed by atoms with Crippen molar-refractivity contribution in [1.29, 1.82) is 0 Å². The van der Waals surface area contributed by atoms with Gasteiger partial charge in [-0.05, 0) is 52.7 Å². The molecule has 0 radical (unpaired) electrons. The van der Waals surface area contributed by atoms with Gasteiger partial charge in [-0.3, -0.25) is 4.79 Å². The second-order valence-corrected chi connectivity index (χ2v) is 4.95. The zero-order valence-corrected chi connectivity index (χ0v) is 11.7. The smallest absolute Gasteiger partial charge is 0.259 e. The van der Waals surface area contributed by atoms with Crippen molar-refractivity contribution in [2.45, 2.75) is 6.92 Å². The monoisotopic (exact) mass is 323 g/mol. The minimum atomic E-state index is -0.592. The van der Waals surface area contributed by atoms with E-state index in [1.54, 1.807) is 6.07 Å². The topological polar surface area (TPSA) is 49.3 Å². The summed E-state index contributed by atoms with van der Waals surface area (Å²) in [5.74, 6) is -1.48. The molecule has 0 saturated heterocycles. The third kappa shape index (κ3) is 3.12. The van der Waals surface area contributed by atoms with E-state index in [-0.39, 0.29) is 11.3 Å². The molecule has 0 saturated carbocycles. The molecule has 0 heterocycles. The molecule has 0 bridgehead atoms. The maximum atomic E-state index is 12.8. The van der Waals surface area contributed by atoms with Gasteiger partial charge in [-0.15, -0.1) is 0 Å². The third-order valence-corrected chi connectivity index (χ3v) is 3.23. The van der Waals surface area contributed by atoms with Crippen LogP contribution in [0, 0.1) is 12.7 Å². The predicted molar refractivity (Wildman–Crippen MR) is 74.9 cm³/mol. The molecule has 0 atom stereocenters. The van der Waals surface area contributed by atoms with Gasteiger partial charge in [0.15, 0.2) is 0 Å². The lowest BCUT2D eigenvalue weighted by Crippen LogP contribution is -2.12. The summed E-state index contributed by atoms with van der Waals surface area (Å²) in [7, 11) is 0. The Morgan fingerprint density at radius 1 is 1.26 bits per heavy atom. The number of nitrogens with one attached hydrogen (secondary N) is 1. The molecule has 2 rings (SSSR count). The molecule has 3 nitrogen and oxygen atoms in total. The van der Waals surface area contributed by atoms with Gasteiger partial charge in [0.2, 0.25) is 0 Å². The van der Waals surface area contributed by atoms with Crippen LogP contribution in [0.4, 0.5) is 10.1 Å². The van der Waals surface area contributed by atoms with Crippen LogP contribution in [0.15, 0.2) is 40.9 Å². The van der Waals surface area contributed by atoms with Crippen LogP contribution in [0.3, 0.4) is 0 Å². The molecule has 19 heavy (non-hydrogen) atoms. The van der Waals surface area contributed by atoms with E-state index in [1.807, 2.05) is 19.1 Å². The van der Waals surface area contributed by atoms with Crippen LogP contribution < -0.4 is 5.32 Å². The van der Waals surface area contributed by atoms with E-state index < -0.39 is 11.7 Å². The number of halogens is 2. The predicted octanol–water partition coefficient (Wildman–Crippen LogP) is 3.85. The molecule has 5 heteroatoms. The van der Waals surface area contributed by atoms with Crippen LogP contribution in [0.5, 0.6) is 5.75 Å². The first kappa shape index (κ1) is 13.5. The SMILES string of the molecule is Cc1ccc(NC(=O)c2ccc(F)cc2O)c(Br)c1. The largest absolute Gasteiger partial charge is 0.507 e. The summed E-state index contributed by atoms with van der Waals surface area (Å²) in [5, 5.41) is 12.2. The number of aromatic hydroxyl groups is 1. The highest BCUT2D eigenvalue weighted by molar-refractivity contribution is 9.10. The Hall–Kier alpha value is -1.88. The average Bonchev–Trinajstić information content (AvgIpc) is 2.32. The summed E-state index contributed by atoms with van der Waals surface area (Å²) in [4.78, 5) is 12.0. The van der Waals surface area contributed by atoms with Gasteiger partial charge in [-0.2, -0.15) is 0 Å². The number of carbonyl (C=O) groups is 1. The van der Waals surface area contributed by atoms with E-state index in [0.29, 0.717) is 5.69 Å². The second kappa shape index (κ2) is 5.40. The molecule has 0 aromatic heterocycles. The zero-order valence-electron chi connectivity index (χ0n) is 10.1. The summed E-state index contributed by atoms with van der Waals surface area (Å²) in [6.07, 6.45) is 0. The number of hydrogen-bond donors (Lipinski definition) is 2. The van der Waals surface area contributed by atoms with Crippen LogP contribution in [-0.4, -0.2) is 11.0 Å². The van der Waals surface area contributed by atoms with Crippen molar-refractivity contribution in [3.8, 4) is 5.75 Å². The van der Waals surface area contributed by atoms with Gasteiger partial charge >= 0.3 is 0 Å². The number of amides is 1. The van der Waals surface area contributed by atoms with Gasteiger partial charge in [-0.25, -0.2) is 4.39 Å². The quantitative estimate of drug-likeness (QED) is 0.881. The first-order valence-corrected chi connectivity index (χ1v) is 6.32. The number of hydrogen-bond acceptors (Lipinski definition) is 2. The molecular formula is C14H11BrFNO2. The normalized spacial score (nSPS) is 10.3. The summed E-state index contributed by atoms with van der Waals surface area (Å²) in [6.45, 7) is 1.93. The van der Waals surface area contributed by atoms with Crippen molar-refractivity contribution in [2.24, 2.45) is 0 Å². The van der Waals surface area contributed by atoms with Crippen molar-refractivity contribution < 1.29 is 14.3 Å². The van der Waals surface area contributed by atoms with Crippen molar-refractivity contribution in [3.05, 3.63) is 57.8 Å². The van der Waals surface area contributed by atoms with E-state index in [1.165, 1.54) is 6.07 Å². The van der Waals surface area contributed by atoms with Crippen molar-refractivity contribution in [3.63, 3.8) is 0 Å². The number of anilines is 1. The van der Waals surface area contributed by atoms with Crippen LogP contribution in [0.25, 0.3) is 0 Å². The number of phenolic OH excluding ortho intramolecular Hbond substituents is 1. The molecule has 0 fully saturated rings. The van der Waals surface area contributed by atoms with Gasteiger partial charge < -0.3 is 10.4 Å². The summed E-state index contributed by atoms with van der Waals surface area (Å²) >= 11 is 3.34. The van der Waals surface area contributed by atoms with Gasteiger partial charge in [-0.1, -0.05) is 6.07 Å². The molecule has 2 N–H and O–H groups in total. The van der Waals surface area contributed by atoms with E-state index in [2.05, 4.69) is 21.2 Å². The average molecular weight is 324 g/mol. The molecule has 0 aliphatic heterocycles. The van der Waals surface area contributed by atoms with Crippen molar-refractivity contribution >= 4 is 27.5 Å². The minimum absolute atomic E-state index is 0.0221. The number of phenols is 1. The van der Waals surface area contributed by atoms with Gasteiger partial charge in [0.25, 0.3) is 5.91 Å². The molecule has 0 aliphatic rings. The summed E-state index contributed by atoms with van der Waals surface area (Å²) in [6, 6.07) is 8.73. The van der Waals surface area contributed by atoms with E-state index in [0.717, 1.165) is 22.2 Å². The molecular weight excluding hydrogens is 313 g/mol. The van der Waals surface area contributed by atoms with Gasteiger partial charge in [0.1, 0.15) is 11.6 Å². The lowest BCUT2D eigenvalue weighted by atomic mass is 10.1. The minimum Gasteiger partial charge on any atom is -0.507 e. The Labute approximate surface area is 118 Å². The molecule has 1 amide bonds. The maximum Gasteiger partial charge on any atom is 0.259 e. The van der Waals surface area contributed by atoms with Crippen LogP contribution >= 0.6 is 15.9 Å². The zero-order chi connectivity index (χ0) is 14.0. The Morgan fingerprint density at radius 2 is 2.00 bits per heavy atom. The van der Waals surface area contributed by atoms with Gasteiger partial charge in [0, 0.05) is 10.5 Å². The number of aryl methyl sites for hydroxylation is 1. The van der Waals surface area contributed by atoms with Crippen LogP contribution in [-0.2, 0) is 0 Å². The summed E-state index contributed by atoms with van der Waals surface area (Å²) in [5.41, 5.74) is 1.66. The fourth-order valence-corrected chi connectivity index (χ4v) is 2.20. The standard InChI is InChI=1S/C14H11BrFNO2/c1-8-2-5-12(11(15)6-8)17-14(19)10-4-3-9(16)7-13(10)18/h2-7,18H,1H3,(H,17,19). The Morgan fingerprint density at radius 3 is 2.63 bits per heavy atom. The maximum absolute atomic E-state index is 12.8. The van der Waals surface area contributed by atoms with Gasteiger partial charge in [0.05, 0.1) is 11.3 Å². The van der Waals surface area contributed by atoms with Crippen LogP contribution in [0.1, 0.15) is 15.9 Å². The lowest BCUT2D eigenvalue weighted by molar-refractivity contribution is 0.102. The highest BCUT2D eigenvalue weighted by Crippen LogP contribution is 2.25. The molecule has 98 valence electrons. The second-order valence-electron chi connectivity index (χ2n) is 4.10. The molecule has 0 spiro atoms. The van der Waals surface area contributed by atoms with E-state index in [4.69, 9.17) is 0 Å². The number of carbonyl (C=O) groups excluding carboxylic acids is 1. The number of benzene rings is 2. The fraction of sp³-hybridized carbons (Fsp3) is 0.0714. The van der Waals surface area contributed by atoms with Crippen LogP contribution in [0.2, 0.25) is 0 Å². The highest BCUT2D eigenvalue weighted by atomic mass is 79.9. The Bertz CT molecular complexity index is 643. The Balaban J connectivity index is 2.25. The lowest BCUT2D eigenvalue weighted by Gasteiger charge is -2.09. The van der Waals surface area contributed by atoms with E-state index in [9.17, 15) is 14.3 Å². The Kier molecular flexibility index (Phi) is 3.85. The molecule has 0 aliphatic carbocycles. The molecule has 2 aromatic rings. The summed E-state index contributed by atoms with van der Waals surface area (Å²) < 4.78 is 13.6. The number of rotatable bonds is 2. The van der Waals surface area contributed by atoms with Crippen molar-refractivity contribution in [1.82, 2.24) is 0 Å². The first-order chi connectivity index (χ1) is 8.97. The van der Waals surface area contributed by atoms with E-state index >= 15 is 0 Å².